The summed E-state index contributed by atoms with van der Waals surface area (Å²) in [5.74, 6) is 1.71. The van der Waals surface area contributed by atoms with Gasteiger partial charge in [-0.15, -0.1) is 0 Å². The van der Waals surface area contributed by atoms with E-state index < -0.39 is 16.6 Å². The molecule has 0 aromatic heterocycles. The van der Waals surface area contributed by atoms with Gasteiger partial charge < -0.3 is 13.6 Å². The minimum Gasteiger partial charge on any atom is -0.414 e. The molecule has 5 rings (SSSR count). The lowest BCUT2D eigenvalue weighted by molar-refractivity contribution is -0.252. The zero-order valence-electron chi connectivity index (χ0n) is 25.7. The number of hydrogen-bond acceptors (Lipinski definition) is 3. The summed E-state index contributed by atoms with van der Waals surface area (Å²) < 4.78 is 22.1. The molecule has 2 aliphatic heterocycles. The Labute approximate surface area is 234 Å². The van der Waals surface area contributed by atoms with Gasteiger partial charge in [-0.25, -0.2) is 0 Å². The number of rotatable bonds is 6. The molecule has 7 atom stereocenters. The van der Waals surface area contributed by atoms with Gasteiger partial charge in [-0.2, -0.15) is 0 Å². The molecule has 38 heavy (non-hydrogen) atoms. The van der Waals surface area contributed by atoms with E-state index in [0.29, 0.717) is 30.3 Å². The van der Waals surface area contributed by atoms with Crippen LogP contribution in [0.2, 0.25) is 37.8 Å². The summed E-state index contributed by atoms with van der Waals surface area (Å²) >= 11 is 0. The Hall–Kier alpha value is -0.986. The Kier molecular flexibility index (Phi) is 6.96. The average molecular weight is 553 g/mol. The first-order valence-electron chi connectivity index (χ1n) is 15.0. The summed E-state index contributed by atoms with van der Waals surface area (Å²) in [7, 11) is -3.85. The first kappa shape index (κ1) is 28.5. The third-order valence-electron chi connectivity index (χ3n) is 10.6. The van der Waals surface area contributed by atoms with Gasteiger partial charge in [0.25, 0.3) is 0 Å². The van der Waals surface area contributed by atoms with Crippen LogP contribution in [0.3, 0.4) is 0 Å². The van der Waals surface area contributed by atoms with Crippen molar-refractivity contribution in [3.05, 3.63) is 53.6 Å². The van der Waals surface area contributed by atoms with Crippen molar-refractivity contribution < 1.29 is 13.6 Å². The lowest BCUT2D eigenvalue weighted by atomic mass is 9.62. The van der Waals surface area contributed by atoms with E-state index >= 15 is 0 Å². The largest absolute Gasteiger partial charge is 0.414 e. The summed E-state index contributed by atoms with van der Waals surface area (Å²) in [6.45, 7) is 24.4. The van der Waals surface area contributed by atoms with Gasteiger partial charge in [0.15, 0.2) is 16.6 Å². The SMILES string of the molecule is C[C@@H]1C[C@H]2[C@]34O[C@@](CO[Si](C)(C)C(C)(C)C)(C[C@H]3C=CC[C@@H]4C)C[C@]2(O[Si](C)(C)C)C1=Cc1ccccc1. The molecule has 4 aliphatic rings. The first-order chi connectivity index (χ1) is 17.5. The Balaban J connectivity index is 1.67. The molecule has 3 fully saturated rings. The highest BCUT2D eigenvalue weighted by Gasteiger charge is 2.74. The van der Waals surface area contributed by atoms with Gasteiger partial charge in [-0.3, -0.25) is 0 Å². The summed E-state index contributed by atoms with van der Waals surface area (Å²) in [5.41, 5.74) is 1.97. The smallest absolute Gasteiger partial charge is 0.192 e. The maximum absolute atomic E-state index is 7.56. The third-order valence-corrected chi connectivity index (χ3v) is 16.1. The normalized spacial score (nSPS) is 39.9. The highest BCUT2D eigenvalue weighted by atomic mass is 28.4. The van der Waals surface area contributed by atoms with Crippen molar-refractivity contribution in [3.8, 4) is 0 Å². The van der Waals surface area contributed by atoms with Crippen molar-refractivity contribution in [3.63, 3.8) is 0 Å². The molecule has 1 spiro atoms. The van der Waals surface area contributed by atoms with Crippen LogP contribution < -0.4 is 0 Å². The van der Waals surface area contributed by atoms with Gasteiger partial charge in [0.1, 0.15) is 0 Å². The second-order valence-electron chi connectivity index (χ2n) is 15.5. The van der Waals surface area contributed by atoms with Crippen LogP contribution in [-0.2, 0) is 13.6 Å². The number of fused-ring (bicyclic) bond motifs is 2. The van der Waals surface area contributed by atoms with Crippen molar-refractivity contribution in [2.24, 2.45) is 23.7 Å². The molecule has 2 bridgehead atoms. The zero-order valence-corrected chi connectivity index (χ0v) is 27.7. The summed E-state index contributed by atoms with van der Waals surface area (Å²) in [5, 5.41) is 0.170. The van der Waals surface area contributed by atoms with Gasteiger partial charge in [-0.1, -0.05) is 83.2 Å². The Morgan fingerprint density at radius 1 is 1.05 bits per heavy atom. The fourth-order valence-corrected chi connectivity index (χ4v) is 10.5. The summed E-state index contributed by atoms with van der Waals surface area (Å²) in [6, 6.07) is 10.9. The van der Waals surface area contributed by atoms with E-state index in [1.54, 1.807) is 0 Å². The number of ether oxygens (including phenoxy) is 1. The van der Waals surface area contributed by atoms with Gasteiger partial charge >= 0.3 is 0 Å². The van der Waals surface area contributed by atoms with Crippen molar-refractivity contribution in [1.29, 1.82) is 0 Å². The highest BCUT2D eigenvalue weighted by Crippen LogP contribution is 2.70. The molecule has 2 saturated heterocycles. The molecular formula is C33H52O3Si2. The number of allylic oxidation sites excluding steroid dienone is 1. The average Bonchev–Trinajstić information content (AvgIpc) is 3.23. The molecule has 210 valence electrons. The van der Waals surface area contributed by atoms with Gasteiger partial charge in [0, 0.05) is 18.3 Å². The van der Waals surface area contributed by atoms with E-state index in [4.69, 9.17) is 13.6 Å². The van der Waals surface area contributed by atoms with E-state index in [1.807, 2.05) is 0 Å². The first-order valence-corrected chi connectivity index (χ1v) is 21.3. The molecule has 0 radical (unpaired) electrons. The van der Waals surface area contributed by atoms with Crippen molar-refractivity contribution in [1.82, 2.24) is 0 Å². The predicted octanol–water partition coefficient (Wildman–Crippen LogP) is 8.85. The fourth-order valence-electron chi connectivity index (χ4n) is 8.06. The minimum absolute atomic E-state index is 0.170. The molecule has 5 heteroatoms. The molecule has 3 nitrogen and oxygen atoms in total. The molecule has 1 aromatic carbocycles. The molecule has 1 aromatic rings. The van der Waals surface area contributed by atoms with E-state index in [1.165, 1.54) is 11.1 Å². The number of hydrogen-bond donors (Lipinski definition) is 0. The predicted molar refractivity (Wildman–Crippen MR) is 164 cm³/mol. The summed E-state index contributed by atoms with van der Waals surface area (Å²) in [4.78, 5) is 0. The molecule has 2 heterocycles. The zero-order chi connectivity index (χ0) is 27.8. The Morgan fingerprint density at radius 3 is 2.37 bits per heavy atom. The van der Waals surface area contributed by atoms with E-state index in [9.17, 15) is 0 Å². The van der Waals surface area contributed by atoms with Crippen molar-refractivity contribution in [2.75, 3.05) is 6.61 Å². The van der Waals surface area contributed by atoms with Crippen LogP contribution in [-0.4, -0.2) is 40.0 Å². The van der Waals surface area contributed by atoms with Gasteiger partial charge in [0.2, 0.25) is 0 Å². The Bertz CT molecular complexity index is 1100. The van der Waals surface area contributed by atoms with Crippen LogP contribution in [0.5, 0.6) is 0 Å². The standard InChI is InChI=1S/C33H52O3Si2/c1-24-19-29-32(36-37(6,7)8,28(24)20-26-16-12-11-13-17-26)22-31(23-34-38(9,10)30(3,4)5)21-27-18-14-15-25(2)33(27,29)35-31/h11-14,16-18,20,24-25,27,29H,15,19,21-23H2,1-10H3/t24-,25+,27-,29-,31+,32+,33-/m1/s1. The van der Waals surface area contributed by atoms with Crippen LogP contribution in [0.1, 0.15) is 65.9 Å². The topological polar surface area (TPSA) is 27.7 Å². The molecule has 1 saturated carbocycles. The quantitative estimate of drug-likeness (QED) is 0.261. The fraction of sp³-hybridized carbons (Fsp3) is 0.697. The van der Waals surface area contributed by atoms with Crippen LogP contribution >= 0.6 is 0 Å². The monoisotopic (exact) mass is 552 g/mol. The lowest BCUT2D eigenvalue weighted by Crippen LogP contribution is -2.66. The molecule has 0 unspecified atom stereocenters. The molecule has 2 aliphatic carbocycles. The van der Waals surface area contributed by atoms with Gasteiger partial charge in [-0.05, 0) is 80.0 Å². The highest BCUT2D eigenvalue weighted by molar-refractivity contribution is 6.74. The van der Waals surface area contributed by atoms with Crippen LogP contribution in [0.15, 0.2) is 48.1 Å². The van der Waals surface area contributed by atoms with E-state index in [2.05, 4.69) is 116 Å². The van der Waals surface area contributed by atoms with Crippen molar-refractivity contribution in [2.45, 2.75) is 115 Å². The van der Waals surface area contributed by atoms with Gasteiger partial charge in [0.05, 0.1) is 23.4 Å². The second kappa shape index (κ2) is 9.27. The van der Waals surface area contributed by atoms with E-state index in [0.717, 1.165) is 25.7 Å². The maximum atomic E-state index is 7.56. The molecular weight excluding hydrogens is 501 g/mol. The maximum Gasteiger partial charge on any atom is 0.192 e. The van der Waals surface area contributed by atoms with Crippen molar-refractivity contribution >= 4 is 22.7 Å². The molecule has 0 amide bonds. The lowest BCUT2D eigenvalue weighted by Gasteiger charge is -2.59. The Morgan fingerprint density at radius 2 is 1.74 bits per heavy atom. The van der Waals surface area contributed by atoms with Crippen LogP contribution in [0.4, 0.5) is 0 Å². The number of benzene rings is 1. The summed E-state index contributed by atoms with van der Waals surface area (Å²) in [6.07, 6.45) is 11.6. The van der Waals surface area contributed by atoms with Crippen LogP contribution in [0.25, 0.3) is 6.08 Å². The third kappa shape index (κ3) is 4.58. The second-order valence-corrected chi connectivity index (χ2v) is 24.8. The van der Waals surface area contributed by atoms with E-state index in [-0.39, 0.29) is 21.8 Å². The molecule has 0 N–H and O–H groups in total. The minimum atomic E-state index is -1.94. The van der Waals surface area contributed by atoms with Crippen LogP contribution in [0, 0.1) is 23.7 Å².